The number of hydrogen-bond acceptors (Lipinski definition) is 3. The number of aryl methyl sites for hydroxylation is 2. The van der Waals surface area contributed by atoms with Crippen LogP contribution in [0.5, 0.6) is 0 Å². The number of carbonyl (C=O) groups excluding carboxylic acids is 1. The van der Waals surface area contributed by atoms with Gasteiger partial charge in [-0.1, -0.05) is 24.3 Å². The Labute approximate surface area is 144 Å². The van der Waals surface area contributed by atoms with Crippen LogP contribution in [-0.4, -0.2) is 23.5 Å². The van der Waals surface area contributed by atoms with Crippen molar-refractivity contribution in [3.63, 3.8) is 0 Å². The van der Waals surface area contributed by atoms with E-state index in [9.17, 15) is 9.90 Å². The lowest BCUT2D eigenvalue weighted by Gasteiger charge is -2.28. The highest BCUT2D eigenvalue weighted by Crippen LogP contribution is 2.26. The molecular weight excluding hydrogens is 298 g/mol. The van der Waals surface area contributed by atoms with Crippen LogP contribution in [0.1, 0.15) is 46.5 Å². The van der Waals surface area contributed by atoms with Crippen molar-refractivity contribution in [1.82, 2.24) is 0 Å². The Bertz CT molecular complexity index is 720. The molecule has 24 heavy (non-hydrogen) atoms. The van der Waals surface area contributed by atoms with Crippen LogP contribution in [-0.2, 0) is 6.54 Å². The van der Waals surface area contributed by atoms with Crippen LogP contribution in [0.15, 0.2) is 36.4 Å². The summed E-state index contributed by atoms with van der Waals surface area (Å²) in [4.78, 5) is 14.2. The van der Waals surface area contributed by atoms with E-state index in [0.29, 0.717) is 13.1 Å². The molecule has 1 N–H and O–H groups in total. The molecule has 0 aliphatic heterocycles. The van der Waals surface area contributed by atoms with E-state index in [4.69, 9.17) is 0 Å². The zero-order valence-corrected chi connectivity index (χ0v) is 15.3. The highest BCUT2D eigenvalue weighted by Gasteiger charge is 2.17. The molecule has 2 aromatic carbocycles. The standard InChI is InChI=1S/C21H27NO2/c1-14-11-15(2)21(18(5)24)17(4)20(14)13-22(12-16(3)23)19-9-7-6-8-10-19/h6-11,16,23H,12-13H2,1-5H3/t16-/m1/s1. The Hall–Kier alpha value is -2.13. The molecule has 1 atom stereocenters. The first-order chi connectivity index (χ1) is 11.3. The topological polar surface area (TPSA) is 40.5 Å². The second-order valence-corrected chi connectivity index (χ2v) is 6.61. The van der Waals surface area contributed by atoms with Gasteiger partial charge in [-0.2, -0.15) is 0 Å². The van der Waals surface area contributed by atoms with Crippen LogP contribution < -0.4 is 4.90 Å². The van der Waals surface area contributed by atoms with E-state index in [1.807, 2.05) is 44.2 Å². The second kappa shape index (κ2) is 7.63. The van der Waals surface area contributed by atoms with Gasteiger partial charge in [0.1, 0.15) is 0 Å². The molecular formula is C21H27NO2. The average Bonchev–Trinajstić information content (AvgIpc) is 2.50. The minimum atomic E-state index is -0.427. The quantitative estimate of drug-likeness (QED) is 0.809. The largest absolute Gasteiger partial charge is 0.392 e. The lowest BCUT2D eigenvalue weighted by molar-refractivity contribution is 0.101. The summed E-state index contributed by atoms with van der Waals surface area (Å²) in [6.07, 6.45) is -0.427. The van der Waals surface area contributed by atoms with Crippen molar-refractivity contribution >= 4 is 11.5 Å². The van der Waals surface area contributed by atoms with Gasteiger partial charge in [-0.05, 0) is 69.0 Å². The fourth-order valence-electron chi connectivity index (χ4n) is 3.42. The number of Topliss-reactive ketones (excluding diaryl/α,β-unsaturated/α-hetero) is 1. The van der Waals surface area contributed by atoms with E-state index in [-0.39, 0.29) is 5.78 Å². The molecule has 3 nitrogen and oxygen atoms in total. The van der Waals surface area contributed by atoms with Crippen molar-refractivity contribution in [2.75, 3.05) is 11.4 Å². The molecule has 0 aromatic heterocycles. The minimum absolute atomic E-state index is 0.105. The molecule has 0 unspecified atom stereocenters. The number of carbonyl (C=O) groups is 1. The van der Waals surface area contributed by atoms with E-state index in [1.54, 1.807) is 13.8 Å². The van der Waals surface area contributed by atoms with Crippen molar-refractivity contribution in [3.8, 4) is 0 Å². The lowest BCUT2D eigenvalue weighted by Crippen LogP contribution is -2.31. The summed E-state index contributed by atoms with van der Waals surface area (Å²) in [5.74, 6) is 0.105. The Kier molecular flexibility index (Phi) is 5.79. The number of ketones is 1. The highest BCUT2D eigenvalue weighted by atomic mass is 16.3. The van der Waals surface area contributed by atoms with Crippen molar-refractivity contribution in [2.45, 2.75) is 47.3 Å². The molecule has 0 aliphatic rings. The van der Waals surface area contributed by atoms with Crippen LogP contribution in [0.4, 0.5) is 5.69 Å². The number of hydrogen-bond donors (Lipinski definition) is 1. The summed E-state index contributed by atoms with van der Waals surface area (Å²) in [7, 11) is 0. The Morgan fingerprint density at radius 3 is 2.29 bits per heavy atom. The number of anilines is 1. The Morgan fingerprint density at radius 2 is 1.75 bits per heavy atom. The molecule has 0 radical (unpaired) electrons. The van der Waals surface area contributed by atoms with Gasteiger partial charge in [0.05, 0.1) is 6.10 Å². The van der Waals surface area contributed by atoms with Crippen LogP contribution >= 0.6 is 0 Å². The zero-order chi connectivity index (χ0) is 17.9. The molecule has 0 aliphatic carbocycles. The first-order valence-corrected chi connectivity index (χ1v) is 8.40. The number of aliphatic hydroxyl groups is 1. The SMILES string of the molecule is CC(=O)c1c(C)cc(C)c(CN(C[C@@H](C)O)c2ccccc2)c1C. The maximum absolute atomic E-state index is 12.0. The molecule has 0 saturated carbocycles. The normalized spacial score (nSPS) is 12.1. The first-order valence-electron chi connectivity index (χ1n) is 8.40. The Morgan fingerprint density at radius 1 is 1.12 bits per heavy atom. The fraction of sp³-hybridized carbons (Fsp3) is 0.381. The average molecular weight is 325 g/mol. The molecule has 0 heterocycles. The molecule has 3 heteroatoms. The van der Waals surface area contributed by atoms with E-state index < -0.39 is 6.10 Å². The molecule has 0 fully saturated rings. The number of aliphatic hydroxyl groups excluding tert-OH is 1. The Balaban J connectivity index is 2.46. The molecule has 128 valence electrons. The maximum Gasteiger partial charge on any atom is 0.160 e. The van der Waals surface area contributed by atoms with Crippen LogP contribution in [0.3, 0.4) is 0 Å². The molecule has 2 aromatic rings. The molecule has 0 amide bonds. The van der Waals surface area contributed by atoms with E-state index in [2.05, 4.69) is 17.9 Å². The first kappa shape index (κ1) is 18.2. The van der Waals surface area contributed by atoms with Crippen LogP contribution in [0, 0.1) is 20.8 Å². The summed E-state index contributed by atoms with van der Waals surface area (Å²) in [5.41, 5.74) is 6.31. The smallest absolute Gasteiger partial charge is 0.160 e. The summed E-state index contributed by atoms with van der Waals surface area (Å²) < 4.78 is 0. The molecule has 2 rings (SSSR count). The number of rotatable bonds is 6. The second-order valence-electron chi connectivity index (χ2n) is 6.61. The van der Waals surface area contributed by atoms with Gasteiger partial charge >= 0.3 is 0 Å². The van der Waals surface area contributed by atoms with Gasteiger partial charge in [-0.25, -0.2) is 0 Å². The summed E-state index contributed by atoms with van der Waals surface area (Å²) in [5, 5.41) is 9.89. The minimum Gasteiger partial charge on any atom is -0.392 e. The van der Waals surface area contributed by atoms with Gasteiger partial charge in [0.25, 0.3) is 0 Å². The summed E-state index contributed by atoms with van der Waals surface area (Å²) in [6, 6.07) is 12.2. The van der Waals surface area contributed by atoms with Crippen LogP contribution in [0.2, 0.25) is 0 Å². The number of para-hydroxylation sites is 1. The maximum atomic E-state index is 12.0. The lowest BCUT2D eigenvalue weighted by atomic mass is 9.91. The van der Waals surface area contributed by atoms with Gasteiger partial charge in [0, 0.05) is 24.3 Å². The van der Waals surface area contributed by atoms with Gasteiger partial charge in [0.2, 0.25) is 0 Å². The van der Waals surface area contributed by atoms with Gasteiger partial charge in [0.15, 0.2) is 5.78 Å². The molecule has 0 spiro atoms. The summed E-state index contributed by atoms with van der Waals surface area (Å²) in [6.45, 7) is 10.7. The molecule has 0 bridgehead atoms. The van der Waals surface area contributed by atoms with Crippen molar-refractivity contribution in [3.05, 3.63) is 64.2 Å². The highest BCUT2D eigenvalue weighted by molar-refractivity contribution is 5.97. The predicted molar refractivity (Wildman–Crippen MR) is 99.8 cm³/mol. The fourth-order valence-corrected chi connectivity index (χ4v) is 3.42. The summed E-state index contributed by atoms with van der Waals surface area (Å²) >= 11 is 0. The number of benzene rings is 2. The van der Waals surface area contributed by atoms with E-state index in [0.717, 1.165) is 27.9 Å². The third-order valence-corrected chi connectivity index (χ3v) is 4.44. The van der Waals surface area contributed by atoms with Crippen molar-refractivity contribution in [1.29, 1.82) is 0 Å². The van der Waals surface area contributed by atoms with Crippen LogP contribution in [0.25, 0.3) is 0 Å². The third-order valence-electron chi connectivity index (χ3n) is 4.44. The van der Waals surface area contributed by atoms with Gasteiger partial charge < -0.3 is 10.0 Å². The molecule has 0 saturated heterocycles. The van der Waals surface area contributed by atoms with Crippen molar-refractivity contribution < 1.29 is 9.90 Å². The predicted octanol–water partition coefficient (Wildman–Crippen LogP) is 4.20. The van der Waals surface area contributed by atoms with E-state index >= 15 is 0 Å². The third kappa shape index (κ3) is 4.04. The van der Waals surface area contributed by atoms with Gasteiger partial charge in [-0.3, -0.25) is 4.79 Å². The zero-order valence-electron chi connectivity index (χ0n) is 15.3. The van der Waals surface area contributed by atoms with Gasteiger partial charge in [-0.15, -0.1) is 0 Å². The monoisotopic (exact) mass is 325 g/mol. The number of nitrogens with zero attached hydrogens (tertiary/aromatic N) is 1. The van der Waals surface area contributed by atoms with Crippen molar-refractivity contribution in [2.24, 2.45) is 0 Å². The van der Waals surface area contributed by atoms with E-state index in [1.165, 1.54) is 5.56 Å².